The van der Waals surface area contributed by atoms with Crippen LogP contribution >= 0.6 is 0 Å². The Hall–Kier alpha value is -2.73. The maximum atomic E-state index is 11.3. The normalized spacial score (nSPS) is 11.9. The van der Waals surface area contributed by atoms with E-state index in [1.54, 1.807) is 37.4 Å². The fourth-order valence-corrected chi connectivity index (χ4v) is 2.79. The summed E-state index contributed by atoms with van der Waals surface area (Å²) in [6.07, 6.45) is 2.39. The highest BCUT2D eigenvalue weighted by molar-refractivity contribution is 5.93. The number of nitrogens with two attached hydrogens (primary N) is 1. The van der Waals surface area contributed by atoms with E-state index in [1.165, 1.54) is 6.07 Å². The lowest BCUT2D eigenvalue weighted by Crippen LogP contribution is -2.28. The van der Waals surface area contributed by atoms with Gasteiger partial charge < -0.3 is 26.0 Å². The zero-order chi connectivity index (χ0) is 19.1. The molecule has 6 nitrogen and oxygen atoms in total. The molecule has 5 N–H and O–H groups in total. The number of carbonyl (C=O) groups is 1. The van der Waals surface area contributed by atoms with Gasteiger partial charge in [0, 0.05) is 11.6 Å². The summed E-state index contributed by atoms with van der Waals surface area (Å²) in [5.74, 6) is 0.0955. The quantitative estimate of drug-likeness (QED) is 0.515. The lowest BCUT2D eigenvalue weighted by Gasteiger charge is -2.15. The summed E-state index contributed by atoms with van der Waals surface area (Å²) in [4.78, 5) is 11.3. The number of amides is 1. The van der Waals surface area contributed by atoms with Crippen LogP contribution < -0.4 is 15.8 Å². The summed E-state index contributed by atoms with van der Waals surface area (Å²) in [5.41, 5.74) is 7.74. The minimum Gasteiger partial charge on any atom is -0.504 e. The number of carbonyl (C=O) groups excluding carboxylic acids is 1. The second kappa shape index (κ2) is 9.10. The average Bonchev–Trinajstić information content (AvgIpc) is 2.62. The maximum absolute atomic E-state index is 11.3. The number of ether oxygens (including phenoxy) is 1. The van der Waals surface area contributed by atoms with Crippen molar-refractivity contribution in [2.45, 2.75) is 32.2 Å². The number of rotatable bonds is 9. The van der Waals surface area contributed by atoms with E-state index in [1.807, 2.05) is 0 Å². The van der Waals surface area contributed by atoms with E-state index in [2.05, 4.69) is 12.2 Å². The third-order valence-corrected chi connectivity index (χ3v) is 4.36. The third-order valence-electron chi connectivity index (χ3n) is 4.36. The minimum absolute atomic E-state index is 0.100. The molecule has 6 heteroatoms. The third kappa shape index (κ3) is 5.39. The van der Waals surface area contributed by atoms with E-state index in [0.717, 1.165) is 42.7 Å². The zero-order valence-corrected chi connectivity index (χ0v) is 15.2. The lowest BCUT2D eigenvalue weighted by atomic mass is 10.0. The molecule has 0 spiro atoms. The van der Waals surface area contributed by atoms with Crippen molar-refractivity contribution in [1.29, 1.82) is 0 Å². The molecule has 1 atom stereocenters. The Bertz CT molecular complexity index is 761. The highest BCUT2D eigenvalue weighted by Gasteiger charge is 2.10. The first kappa shape index (κ1) is 19.6. The van der Waals surface area contributed by atoms with Crippen LogP contribution in [0.2, 0.25) is 0 Å². The SMILES string of the molecule is COc1ccc(C(N)=O)cc1CCC(C)NCCc1ccc(O)c(O)c1. The van der Waals surface area contributed by atoms with Gasteiger partial charge in [0.1, 0.15) is 5.75 Å². The van der Waals surface area contributed by atoms with Gasteiger partial charge in [-0.05, 0) is 74.2 Å². The molecule has 0 fully saturated rings. The highest BCUT2D eigenvalue weighted by atomic mass is 16.5. The van der Waals surface area contributed by atoms with Crippen molar-refractivity contribution in [3.63, 3.8) is 0 Å². The summed E-state index contributed by atoms with van der Waals surface area (Å²) < 4.78 is 5.36. The first-order chi connectivity index (χ1) is 12.4. The average molecular weight is 358 g/mol. The second-order valence-corrected chi connectivity index (χ2v) is 6.36. The van der Waals surface area contributed by atoms with Crippen molar-refractivity contribution >= 4 is 5.91 Å². The number of hydrogen-bond donors (Lipinski definition) is 4. The molecular weight excluding hydrogens is 332 g/mol. The number of nitrogens with one attached hydrogen (secondary N) is 1. The van der Waals surface area contributed by atoms with Crippen LogP contribution in [-0.4, -0.2) is 35.8 Å². The second-order valence-electron chi connectivity index (χ2n) is 6.36. The number of primary amides is 1. The molecule has 0 aliphatic rings. The molecule has 0 heterocycles. The maximum Gasteiger partial charge on any atom is 0.248 e. The van der Waals surface area contributed by atoms with Crippen LogP contribution in [0, 0.1) is 0 Å². The topological polar surface area (TPSA) is 105 Å². The van der Waals surface area contributed by atoms with E-state index in [0.29, 0.717) is 5.56 Å². The van der Waals surface area contributed by atoms with Gasteiger partial charge in [-0.3, -0.25) is 4.79 Å². The largest absolute Gasteiger partial charge is 0.504 e. The van der Waals surface area contributed by atoms with Crippen LogP contribution in [0.25, 0.3) is 0 Å². The summed E-state index contributed by atoms with van der Waals surface area (Å²) in [5, 5.41) is 22.3. The molecular formula is C20H26N2O4. The Kier molecular flexibility index (Phi) is 6.86. The first-order valence-corrected chi connectivity index (χ1v) is 8.61. The Morgan fingerprint density at radius 1 is 1.15 bits per heavy atom. The van der Waals surface area contributed by atoms with Crippen molar-refractivity contribution in [3.05, 3.63) is 53.1 Å². The summed E-state index contributed by atoms with van der Waals surface area (Å²) in [6, 6.07) is 10.3. The fraction of sp³-hybridized carbons (Fsp3) is 0.350. The van der Waals surface area contributed by atoms with E-state index in [4.69, 9.17) is 10.5 Å². The molecule has 0 saturated carbocycles. The predicted octanol–water partition coefficient (Wildman–Crippen LogP) is 2.36. The van der Waals surface area contributed by atoms with Crippen LogP contribution in [0.15, 0.2) is 36.4 Å². The van der Waals surface area contributed by atoms with E-state index < -0.39 is 5.91 Å². The van der Waals surface area contributed by atoms with Crippen LogP contribution in [-0.2, 0) is 12.8 Å². The molecule has 1 unspecified atom stereocenters. The van der Waals surface area contributed by atoms with Crippen LogP contribution in [0.1, 0.15) is 34.8 Å². The predicted molar refractivity (Wildman–Crippen MR) is 101 cm³/mol. The van der Waals surface area contributed by atoms with Gasteiger partial charge in [0.05, 0.1) is 7.11 Å². The molecule has 26 heavy (non-hydrogen) atoms. The molecule has 2 aromatic rings. The number of phenolic OH excluding ortho intramolecular Hbond substituents is 2. The fourth-order valence-electron chi connectivity index (χ4n) is 2.79. The molecule has 0 aliphatic carbocycles. The van der Waals surface area contributed by atoms with Gasteiger partial charge in [0.15, 0.2) is 11.5 Å². The van der Waals surface area contributed by atoms with Crippen molar-refractivity contribution < 1.29 is 19.7 Å². The summed E-state index contributed by atoms with van der Waals surface area (Å²) in [6.45, 7) is 2.85. The van der Waals surface area contributed by atoms with Crippen molar-refractivity contribution in [1.82, 2.24) is 5.32 Å². The number of benzene rings is 2. The molecule has 0 radical (unpaired) electrons. The van der Waals surface area contributed by atoms with Crippen LogP contribution in [0.4, 0.5) is 0 Å². The van der Waals surface area contributed by atoms with Gasteiger partial charge in [-0.2, -0.15) is 0 Å². The molecule has 2 aromatic carbocycles. The van der Waals surface area contributed by atoms with Crippen LogP contribution in [0.3, 0.4) is 0 Å². The molecule has 0 aromatic heterocycles. The van der Waals surface area contributed by atoms with Gasteiger partial charge in [0.25, 0.3) is 0 Å². The van der Waals surface area contributed by atoms with E-state index in [-0.39, 0.29) is 17.5 Å². The number of aromatic hydroxyl groups is 2. The molecule has 0 saturated heterocycles. The Morgan fingerprint density at radius 2 is 1.92 bits per heavy atom. The number of aryl methyl sites for hydroxylation is 1. The number of methoxy groups -OCH3 is 1. The van der Waals surface area contributed by atoms with Gasteiger partial charge >= 0.3 is 0 Å². The smallest absolute Gasteiger partial charge is 0.248 e. The lowest BCUT2D eigenvalue weighted by molar-refractivity contribution is 0.1000. The van der Waals surface area contributed by atoms with Gasteiger partial charge in [0.2, 0.25) is 5.91 Å². The minimum atomic E-state index is -0.447. The van der Waals surface area contributed by atoms with Gasteiger partial charge in [-0.25, -0.2) is 0 Å². The van der Waals surface area contributed by atoms with Crippen molar-refractivity contribution in [2.75, 3.05) is 13.7 Å². The van der Waals surface area contributed by atoms with Gasteiger partial charge in [-0.1, -0.05) is 6.07 Å². The molecule has 0 bridgehead atoms. The number of phenols is 2. The molecule has 2 rings (SSSR count). The zero-order valence-electron chi connectivity index (χ0n) is 15.2. The van der Waals surface area contributed by atoms with Crippen molar-refractivity contribution in [2.24, 2.45) is 5.73 Å². The monoisotopic (exact) mass is 358 g/mol. The van der Waals surface area contributed by atoms with E-state index >= 15 is 0 Å². The van der Waals surface area contributed by atoms with Gasteiger partial charge in [-0.15, -0.1) is 0 Å². The molecule has 0 aliphatic heterocycles. The molecule has 140 valence electrons. The Labute approximate surface area is 153 Å². The summed E-state index contributed by atoms with van der Waals surface area (Å²) in [7, 11) is 1.61. The Balaban J connectivity index is 1.84. The standard InChI is InChI=1S/C20H26N2O4/c1-13(22-10-9-14-4-7-17(23)18(24)11-14)3-5-15-12-16(20(21)25)6-8-19(15)26-2/h4,6-8,11-13,22-24H,3,5,9-10H2,1-2H3,(H2,21,25). The highest BCUT2D eigenvalue weighted by Crippen LogP contribution is 2.25. The summed E-state index contributed by atoms with van der Waals surface area (Å²) >= 11 is 0. The Morgan fingerprint density at radius 3 is 2.58 bits per heavy atom. The number of hydrogen-bond acceptors (Lipinski definition) is 5. The first-order valence-electron chi connectivity index (χ1n) is 8.61. The van der Waals surface area contributed by atoms with Crippen molar-refractivity contribution in [3.8, 4) is 17.2 Å². The van der Waals surface area contributed by atoms with Crippen LogP contribution in [0.5, 0.6) is 17.2 Å². The molecule has 1 amide bonds. The van der Waals surface area contributed by atoms with E-state index in [9.17, 15) is 15.0 Å².